The molecule has 4 atom stereocenters. The predicted octanol–water partition coefficient (Wildman–Crippen LogP) is 6.49. The lowest BCUT2D eigenvalue weighted by atomic mass is 10.1. The summed E-state index contributed by atoms with van der Waals surface area (Å²) in [7, 11) is -3.19. The normalized spacial score (nSPS) is 24.4. The number of ether oxygens (including phenoxy) is 4. The molecule has 0 saturated carbocycles. The maximum absolute atomic E-state index is 7.45. The third kappa shape index (κ3) is 6.24. The molecule has 0 radical (unpaired) electrons. The third-order valence-electron chi connectivity index (χ3n) is 7.61. The van der Waals surface area contributed by atoms with Crippen LogP contribution >= 0.6 is 11.6 Å². The zero-order valence-corrected chi connectivity index (χ0v) is 26.0. The maximum atomic E-state index is 7.45. The van der Waals surface area contributed by atoms with Crippen LogP contribution in [-0.2, 0) is 25.4 Å². The molecule has 2 saturated heterocycles. The van der Waals surface area contributed by atoms with Crippen LogP contribution in [0.15, 0.2) is 12.1 Å². The molecule has 4 rings (SSSR count). The largest absolute Gasteiger partial charge is 0.470 e. The molecule has 37 heavy (non-hydrogen) atoms. The molecule has 11 heteroatoms. The van der Waals surface area contributed by atoms with Crippen molar-refractivity contribution in [3.63, 3.8) is 0 Å². The molecule has 0 aromatic carbocycles. The van der Waals surface area contributed by atoms with Gasteiger partial charge in [-0.3, -0.25) is 4.57 Å². The van der Waals surface area contributed by atoms with E-state index in [9.17, 15) is 0 Å². The Morgan fingerprint density at radius 2 is 1.76 bits per heavy atom. The highest BCUT2D eigenvalue weighted by Gasteiger charge is 2.52. The van der Waals surface area contributed by atoms with Crippen LogP contribution < -0.4 is 4.74 Å². The van der Waals surface area contributed by atoms with E-state index in [2.05, 4.69) is 63.3 Å². The molecular weight excluding hydrogens is 526 g/mol. The molecule has 2 aromatic rings. The van der Waals surface area contributed by atoms with Gasteiger partial charge < -0.3 is 23.4 Å². The average Bonchev–Trinajstić information content (AvgIpc) is 3.44. The zero-order chi connectivity index (χ0) is 27.2. The summed E-state index contributed by atoms with van der Waals surface area (Å²) in [4.78, 5) is 7.95. The Balaban J connectivity index is 1.53. The van der Waals surface area contributed by atoms with E-state index < -0.39 is 16.4 Å². The molecule has 2 aliphatic rings. The molecule has 0 aliphatic carbocycles. The number of nitrogens with zero attached hydrogens (tertiary/aromatic N) is 3. The molecule has 0 unspecified atom stereocenters. The first kappa shape index (κ1) is 28.5. The summed E-state index contributed by atoms with van der Waals surface area (Å²) in [6.45, 7) is 27.5. The van der Waals surface area contributed by atoms with Crippen LogP contribution in [0.3, 0.4) is 0 Å². The van der Waals surface area contributed by atoms with Crippen molar-refractivity contribution in [2.24, 2.45) is 0 Å². The zero-order valence-electron chi connectivity index (χ0n) is 23.3. The highest BCUT2D eigenvalue weighted by atomic mass is 35.5. The Morgan fingerprint density at radius 3 is 2.38 bits per heavy atom. The lowest BCUT2D eigenvalue weighted by molar-refractivity contribution is 0.00859. The first-order chi connectivity index (χ1) is 17.2. The van der Waals surface area contributed by atoms with Crippen LogP contribution in [0.5, 0.6) is 5.88 Å². The lowest BCUT2D eigenvalue weighted by Gasteiger charge is -2.39. The minimum atomic E-state index is -1.97. The van der Waals surface area contributed by atoms with Crippen molar-refractivity contribution in [1.82, 2.24) is 9.55 Å². The van der Waals surface area contributed by atoms with Gasteiger partial charge in [0.2, 0.25) is 5.69 Å². The summed E-state index contributed by atoms with van der Waals surface area (Å²) in [5.41, 5.74) is 1.71. The van der Waals surface area contributed by atoms with Gasteiger partial charge in [-0.2, -0.15) is 0 Å². The number of aromatic nitrogens is 2. The average molecular weight is 566 g/mol. The van der Waals surface area contributed by atoms with Gasteiger partial charge in [0.15, 0.2) is 20.3 Å². The molecule has 4 heterocycles. The number of fused-ring (bicyclic) bond motifs is 2. The van der Waals surface area contributed by atoms with Crippen molar-refractivity contribution < 1.29 is 23.4 Å². The molecule has 2 aromatic heterocycles. The standard InChI is InChI=1S/C26H40ClN3O5Si2/c1-26(2,3)37(8,9)35-21-15-33-23-20(14-32-24(21)23)34-22-13-17-19(12-18(28-4)25(27)29-17)30(22)16-31-10-11-36(5,6)7/h12-13,20-21,23-24H,10-11,14-16H2,1-3,5-9H3/t20-,21-,23-,24-/m1/s1. The van der Waals surface area contributed by atoms with E-state index in [4.69, 9.17) is 41.5 Å². The predicted molar refractivity (Wildman–Crippen MR) is 151 cm³/mol. The van der Waals surface area contributed by atoms with Crippen molar-refractivity contribution in [3.05, 3.63) is 28.7 Å². The van der Waals surface area contributed by atoms with E-state index >= 15 is 0 Å². The van der Waals surface area contributed by atoms with Crippen molar-refractivity contribution >= 4 is 44.7 Å². The highest BCUT2D eigenvalue weighted by molar-refractivity contribution is 6.76. The summed E-state index contributed by atoms with van der Waals surface area (Å²) < 4.78 is 33.5. The van der Waals surface area contributed by atoms with Gasteiger partial charge in [-0.25, -0.2) is 9.83 Å². The Bertz CT molecular complexity index is 1170. The van der Waals surface area contributed by atoms with Gasteiger partial charge in [0.05, 0.1) is 36.9 Å². The van der Waals surface area contributed by atoms with Gasteiger partial charge in [0.25, 0.3) is 0 Å². The minimum absolute atomic E-state index is 0.100. The number of halogens is 1. The quantitative estimate of drug-likeness (QED) is 0.150. The first-order valence-corrected chi connectivity index (χ1v) is 19.9. The Hall–Kier alpha value is -1.46. The van der Waals surface area contributed by atoms with Crippen LogP contribution in [0.25, 0.3) is 15.9 Å². The molecule has 204 valence electrons. The lowest BCUT2D eigenvalue weighted by Crippen LogP contribution is -2.47. The second-order valence-electron chi connectivity index (χ2n) is 12.7. The van der Waals surface area contributed by atoms with Crippen molar-refractivity contribution in [1.29, 1.82) is 0 Å². The minimum Gasteiger partial charge on any atom is -0.470 e. The summed E-state index contributed by atoms with van der Waals surface area (Å²) in [5, 5.41) is 0.286. The fourth-order valence-electron chi connectivity index (χ4n) is 4.30. The van der Waals surface area contributed by atoms with Gasteiger partial charge in [0, 0.05) is 20.7 Å². The second-order valence-corrected chi connectivity index (χ2v) is 23.5. The van der Waals surface area contributed by atoms with Crippen LogP contribution in [0.1, 0.15) is 20.8 Å². The van der Waals surface area contributed by atoms with Gasteiger partial charge in [-0.15, -0.1) is 0 Å². The topological polar surface area (TPSA) is 68.3 Å². The fourth-order valence-corrected chi connectivity index (χ4v) is 6.56. The van der Waals surface area contributed by atoms with E-state index in [1.807, 2.05) is 10.6 Å². The van der Waals surface area contributed by atoms with Crippen molar-refractivity contribution in [2.45, 2.75) is 95.7 Å². The fraction of sp³-hybridized carbons (Fsp3) is 0.692. The van der Waals surface area contributed by atoms with Crippen molar-refractivity contribution in [3.8, 4) is 5.88 Å². The van der Waals surface area contributed by atoms with Gasteiger partial charge in [-0.05, 0) is 30.2 Å². The Labute approximate surface area is 227 Å². The van der Waals surface area contributed by atoms with Gasteiger partial charge >= 0.3 is 0 Å². The Kier molecular flexibility index (Phi) is 8.18. The van der Waals surface area contributed by atoms with E-state index in [-0.39, 0.29) is 34.6 Å². The van der Waals surface area contributed by atoms with Crippen molar-refractivity contribution in [2.75, 3.05) is 19.8 Å². The van der Waals surface area contributed by atoms with E-state index in [0.29, 0.717) is 43.6 Å². The van der Waals surface area contributed by atoms with Crippen LogP contribution in [-0.4, -0.2) is 70.2 Å². The van der Waals surface area contributed by atoms with Gasteiger partial charge in [-0.1, -0.05) is 52.0 Å². The highest BCUT2D eigenvalue weighted by Crippen LogP contribution is 2.41. The summed E-state index contributed by atoms with van der Waals surface area (Å²) >= 11 is 6.23. The second kappa shape index (κ2) is 10.6. The molecule has 8 nitrogen and oxygen atoms in total. The van der Waals surface area contributed by atoms with Crippen LogP contribution in [0.2, 0.25) is 49.0 Å². The molecule has 0 N–H and O–H groups in total. The first-order valence-electron chi connectivity index (χ1n) is 12.9. The summed E-state index contributed by atoms with van der Waals surface area (Å²) in [5.74, 6) is 0.598. The SMILES string of the molecule is [C-]#[N+]c1cc2c(cc(O[C@@H]3CO[C@H]4[C@@H]3OC[C@H]4O[Si](C)(C)C(C)(C)C)n2COCC[Si](C)(C)C)nc1Cl. The number of pyridine rings is 1. The monoisotopic (exact) mass is 565 g/mol. The summed E-state index contributed by atoms with van der Waals surface area (Å²) in [6.07, 6.45) is -0.772. The number of rotatable bonds is 9. The third-order valence-corrected chi connectivity index (χ3v) is 14.1. The van der Waals surface area contributed by atoms with E-state index in [1.165, 1.54) is 0 Å². The van der Waals surface area contributed by atoms with Gasteiger partial charge in [0.1, 0.15) is 24.1 Å². The van der Waals surface area contributed by atoms with E-state index in [0.717, 1.165) is 11.6 Å². The number of hydrogen-bond acceptors (Lipinski definition) is 6. The maximum Gasteiger partial charge on any atom is 0.225 e. The number of hydrogen-bond donors (Lipinski definition) is 0. The van der Waals surface area contributed by atoms with Crippen LogP contribution in [0.4, 0.5) is 5.69 Å². The Morgan fingerprint density at radius 1 is 1.11 bits per heavy atom. The summed E-state index contributed by atoms with van der Waals surface area (Å²) in [6, 6.07) is 4.65. The molecule has 0 amide bonds. The molecule has 0 spiro atoms. The van der Waals surface area contributed by atoms with Crippen LogP contribution in [0, 0.1) is 6.57 Å². The molecule has 2 fully saturated rings. The molecule has 0 bridgehead atoms. The molecular formula is C26H40ClN3O5Si2. The smallest absolute Gasteiger partial charge is 0.225 e. The van der Waals surface area contributed by atoms with E-state index in [1.54, 1.807) is 6.07 Å². The molecule has 2 aliphatic heterocycles.